The summed E-state index contributed by atoms with van der Waals surface area (Å²) >= 11 is 2.97. The van der Waals surface area contributed by atoms with Crippen LogP contribution in [0, 0.1) is 0 Å². The van der Waals surface area contributed by atoms with Gasteiger partial charge < -0.3 is 9.47 Å². The zero-order valence-electron chi connectivity index (χ0n) is 31.2. The van der Waals surface area contributed by atoms with Crippen LogP contribution < -0.4 is 9.47 Å². The van der Waals surface area contributed by atoms with E-state index in [9.17, 15) is 9.59 Å². The fourth-order valence-electron chi connectivity index (χ4n) is 5.73. The molecule has 0 N–H and O–H groups in total. The van der Waals surface area contributed by atoms with Gasteiger partial charge in [-0.15, -0.1) is 0 Å². The van der Waals surface area contributed by atoms with Crippen molar-refractivity contribution < 1.29 is 19.1 Å². The third-order valence-electron chi connectivity index (χ3n) is 8.38. The second kappa shape index (κ2) is 19.4. The van der Waals surface area contributed by atoms with Crippen molar-refractivity contribution in [3.8, 4) is 11.5 Å². The predicted octanol–water partition coefficient (Wildman–Crippen LogP) is 8.91. The van der Waals surface area contributed by atoms with E-state index in [0.717, 1.165) is 44.2 Å². The molecule has 0 aliphatic carbocycles. The molecule has 0 bridgehead atoms. The zero-order valence-corrected chi connectivity index (χ0v) is 32.9. The Labute approximate surface area is 344 Å². The molecule has 12 heteroatoms. The van der Waals surface area contributed by atoms with Crippen LogP contribution in [0.15, 0.2) is 179 Å². The molecule has 0 radical (unpaired) electrons. The Bertz CT molecular complexity index is 2360. The molecule has 0 aliphatic heterocycles. The van der Waals surface area contributed by atoms with Gasteiger partial charge in [-0.25, -0.2) is 39.5 Å². The first-order valence-electron chi connectivity index (χ1n) is 18.2. The van der Waals surface area contributed by atoms with Crippen molar-refractivity contribution in [3.05, 3.63) is 204 Å². The summed E-state index contributed by atoms with van der Waals surface area (Å²) in [7, 11) is 0. The average Bonchev–Trinajstić information content (AvgIpc) is 3.23. The lowest BCUT2D eigenvalue weighted by Crippen LogP contribution is -2.08. The summed E-state index contributed by atoms with van der Waals surface area (Å²) in [5.74, 6) is 2.39. The maximum atomic E-state index is 11.6. The van der Waals surface area contributed by atoms with Crippen LogP contribution in [0.3, 0.4) is 0 Å². The minimum absolute atomic E-state index is 0.435. The van der Waals surface area contributed by atoms with Crippen LogP contribution >= 0.6 is 23.5 Å². The highest BCUT2D eigenvalue weighted by Gasteiger charge is 2.14. The maximum absolute atomic E-state index is 11.6. The Morgan fingerprint density at radius 3 is 1.17 bits per heavy atom. The van der Waals surface area contributed by atoms with E-state index >= 15 is 0 Å². The minimum Gasteiger partial charge on any atom is -0.423 e. The lowest BCUT2D eigenvalue weighted by Gasteiger charge is -2.10. The van der Waals surface area contributed by atoms with E-state index < -0.39 is 11.9 Å². The number of benzene rings is 5. The molecule has 286 valence electrons. The summed E-state index contributed by atoms with van der Waals surface area (Å²) in [6, 6.07) is 42.8. The Hall–Kier alpha value is -6.76. The lowest BCUT2D eigenvalue weighted by molar-refractivity contribution is -0.129. The standard InChI is InChI=1S/C46H36N6O4S2/c1-3-43(53)55-35-22-18-31(19-23-35)27-39-47-41(51-45(49-39)57-37-14-7-5-8-15-37)29-33-12-11-13-34(26-33)30-42-48-40(50-46(52-42)58-38-16-9-6-10-17-38)28-32-20-24-36(25-21-32)56-44(54)4-2/h3-26H,1-2,27-30H2. The SMILES string of the molecule is C=CC(=O)Oc1ccc(Cc2nc(Cc3cccc(Cc4nc(Cc5ccc(OC(=O)C=C)cc5)nc(Sc5ccccc5)n4)c3)nc(Sc3ccccc3)n2)cc1. The number of carbonyl (C=O) groups is 2. The van der Waals surface area contributed by atoms with Crippen molar-refractivity contribution in [3.63, 3.8) is 0 Å². The average molecular weight is 801 g/mol. The van der Waals surface area contributed by atoms with Crippen LogP contribution in [0.2, 0.25) is 0 Å². The van der Waals surface area contributed by atoms with Gasteiger partial charge in [0.1, 0.15) is 34.8 Å². The smallest absolute Gasteiger partial charge is 0.335 e. The largest absolute Gasteiger partial charge is 0.423 e. The molecule has 0 amide bonds. The Balaban J connectivity index is 1.12. The number of ether oxygens (including phenoxy) is 2. The normalized spacial score (nSPS) is 10.8. The first-order chi connectivity index (χ1) is 28.3. The summed E-state index contributed by atoms with van der Waals surface area (Å²) in [5.41, 5.74) is 3.98. The van der Waals surface area contributed by atoms with Crippen LogP contribution in [0.1, 0.15) is 45.6 Å². The molecule has 0 saturated heterocycles. The summed E-state index contributed by atoms with van der Waals surface area (Å²) in [6.45, 7) is 6.90. The highest BCUT2D eigenvalue weighted by atomic mass is 32.2. The van der Waals surface area contributed by atoms with Crippen molar-refractivity contribution in [2.45, 2.75) is 45.8 Å². The van der Waals surface area contributed by atoms with Gasteiger partial charge in [0, 0.05) is 47.6 Å². The van der Waals surface area contributed by atoms with E-state index in [2.05, 4.69) is 31.4 Å². The quantitative estimate of drug-likeness (QED) is 0.0526. The fraction of sp³-hybridized carbons (Fsp3) is 0.0870. The van der Waals surface area contributed by atoms with Crippen LogP contribution in [0.25, 0.3) is 0 Å². The molecule has 7 aromatic rings. The van der Waals surface area contributed by atoms with Crippen LogP contribution in [0.5, 0.6) is 11.5 Å². The molecule has 2 heterocycles. The number of hydrogen-bond donors (Lipinski definition) is 0. The molecule has 10 nitrogen and oxygen atoms in total. The molecule has 0 atom stereocenters. The van der Waals surface area contributed by atoms with Gasteiger partial charge in [0.15, 0.2) is 10.3 Å². The summed E-state index contributed by atoms with van der Waals surface area (Å²) < 4.78 is 10.5. The zero-order chi connectivity index (χ0) is 40.1. The van der Waals surface area contributed by atoms with Crippen LogP contribution in [-0.4, -0.2) is 41.8 Å². The summed E-state index contributed by atoms with van der Waals surface area (Å²) in [4.78, 5) is 54.5. The predicted molar refractivity (Wildman–Crippen MR) is 223 cm³/mol. The molecule has 5 aromatic carbocycles. The molecule has 0 saturated carbocycles. The minimum atomic E-state index is -0.513. The highest BCUT2D eigenvalue weighted by molar-refractivity contribution is 7.99. The van der Waals surface area contributed by atoms with Gasteiger partial charge in [-0.05, 0) is 94.3 Å². The molecule has 0 unspecified atom stereocenters. The number of rotatable bonds is 16. The van der Waals surface area contributed by atoms with E-state index in [1.54, 1.807) is 24.3 Å². The van der Waals surface area contributed by atoms with Crippen LogP contribution in [0.4, 0.5) is 0 Å². The second-order valence-corrected chi connectivity index (χ2v) is 14.9. The maximum Gasteiger partial charge on any atom is 0.335 e. The van der Waals surface area contributed by atoms with E-state index in [-0.39, 0.29) is 0 Å². The van der Waals surface area contributed by atoms with Gasteiger partial charge in [-0.2, -0.15) is 0 Å². The molecule has 58 heavy (non-hydrogen) atoms. The molecular weight excluding hydrogens is 765 g/mol. The topological polar surface area (TPSA) is 130 Å². The van der Waals surface area contributed by atoms with E-state index in [4.69, 9.17) is 39.4 Å². The van der Waals surface area contributed by atoms with E-state index in [0.29, 0.717) is 70.8 Å². The van der Waals surface area contributed by atoms with Crippen molar-refractivity contribution >= 4 is 35.5 Å². The fourth-order valence-corrected chi connectivity index (χ4v) is 7.34. The summed E-state index contributed by atoms with van der Waals surface area (Å²) in [6.07, 6.45) is 4.15. The third kappa shape index (κ3) is 11.6. The van der Waals surface area contributed by atoms with E-state index in [1.807, 2.05) is 91.0 Å². The molecule has 0 fully saturated rings. The first kappa shape index (κ1) is 39.5. The Kier molecular flexibility index (Phi) is 13.2. The number of aromatic nitrogens is 6. The molecular formula is C46H36N6O4S2. The van der Waals surface area contributed by atoms with Crippen LogP contribution in [-0.2, 0) is 35.3 Å². The molecule has 2 aromatic heterocycles. The number of esters is 2. The second-order valence-electron chi connectivity index (χ2n) is 12.8. The van der Waals surface area contributed by atoms with Gasteiger partial charge in [-0.3, -0.25) is 0 Å². The van der Waals surface area contributed by atoms with E-state index in [1.165, 1.54) is 23.5 Å². The molecule has 7 rings (SSSR count). The van der Waals surface area contributed by atoms with Crippen molar-refractivity contribution in [2.24, 2.45) is 0 Å². The summed E-state index contributed by atoms with van der Waals surface area (Å²) in [5, 5.41) is 1.21. The Morgan fingerprint density at radius 1 is 0.448 bits per heavy atom. The Morgan fingerprint density at radius 2 is 0.810 bits per heavy atom. The number of carbonyl (C=O) groups excluding carboxylic acids is 2. The monoisotopic (exact) mass is 800 g/mol. The van der Waals surface area contributed by atoms with Crippen molar-refractivity contribution in [2.75, 3.05) is 0 Å². The first-order valence-corrected chi connectivity index (χ1v) is 19.9. The van der Waals surface area contributed by atoms with Crippen molar-refractivity contribution in [1.82, 2.24) is 29.9 Å². The lowest BCUT2D eigenvalue weighted by atomic mass is 10.1. The highest BCUT2D eigenvalue weighted by Crippen LogP contribution is 2.27. The van der Waals surface area contributed by atoms with Gasteiger partial charge in [0.05, 0.1) is 0 Å². The number of nitrogens with zero attached hydrogens (tertiary/aromatic N) is 6. The van der Waals surface area contributed by atoms with Gasteiger partial charge >= 0.3 is 11.9 Å². The van der Waals surface area contributed by atoms with Gasteiger partial charge in [-0.1, -0.05) is 98.1 Å². The molecule has 0 spiro atoms. The van der Waals surface area contributed by atoms with Crippen molar-refractivity contribution in [1.29, 1.82) is 0 Å². The molecule has 0 aliphatic rings. The number of hydrogen-bond acceptors (Lipinski definition) is 12. The van der Waals surface area contributed by atoms with Gasteiger partial charge in [0.25, 0.3) is 0 Å². The van der Waals surface area contributed by atoms with Gasteiger partial charge in [0.2, 0.25) is 0 Å². The third-order valence-corrected chi connectivity index (χ3v) is 10.1.